The molecular formula is C22H26N3O2S+. The first kappa shape index (κ1) is 19.1. The van der Waals surface area contributed by atoms with Gasteiger partial charge in [0.05, 0.1) is 28.4 Å². The van der Waals surface area contributed by atoms with Crippen LogP contribution in [0.1, 0.15) is 23.0 Å². The lowest BCUT2D eigenvalue weighted by Gasteiger charge is -2.28. The van der Waals surface area contributed by atoms with E-state index in [2.05, 4.69) is 28.5 Å². The Morgan fingerprint density at radius 1 is 1.11 bits per heavy atom. The molecule has 0 unspecified atom stereocenters. The predicted molar refractivity (Wildman–Crippen MR) is 112 cm³/mol. The SMILES string of the molecule is O=C(CCc1nc2ccccc2s1)N[C@@H](C[NH+]1CCOCC1)c1ccccc1. The van der Waals surface area contributed by atoms with Gasteiger partial charge in [0, 0.05) is 12.8 Å². The van der Waals surface area contributed by atoms with Crippen LogP contribution in [-0.2, 0) is 16.0 Å². The summed E-state index contributed by atoms with van der Waals surface area (Å²) >= 11 is 1.67. The zero-order chi connectivity index (χ0) is 19.2. The summed E-state index contributed by atoms with van der Waals surface area (Å²) in [4.78, 5) is 18.8. The van der Waals surface area contributed by atoms with Gasteiger partial charge in [0.1, 0.15) is 25.7 Å². The third-order valence-electron chi connectivity index (χ3n) is 5.13. The third kappa shape index (κ3) is 4.95. The summed E-state index contributed by atoms with van der Waals surface area (Å²) in [5, 5.41) is 4.28. The van der Waals surface area contributed by atoms with Gasteiger partial charge in [0.2, 0.25) is 5.91 Å². The van der Waals surface area contributed by atoms with E-state index in [0.717, 1.165) is 48.9 Å². The number of carbonyl (C=O) groups excluding carboxylic acids is 1. The van der Waals surface area contributed by atoms with Crippen molar-refractivity contribution in [2.75, 3.05) is 32.8 Å². The van der Waals surface area contributed by atoms with Crippen LogP contribution in [0.25, 0.3) is 10.2 Å². The topological polar surface area (TPSA) is 55.7 Å². The quantitative estimate of drug-likeness (QED) is 0.642. The molecule has 3 aromatic rings. The molecule has 0 bridgehead atoms. The molecule has 2 aromatic carbocycles. The Balaban J connectivity index is 1.38. The highest BCUT2D eigenvalue weighted by molar-refractivity contribution is 7.18. The third-order valence-corrected chi connectivity index (χ3v) is 6.23. The van der Waals surface area contributed by atoms with Gasteiger partial charge in [-0.1, -0.05) is 42.5 Å². The highest BCUT2D eigenvalue weighted by Gasteiger charge is 2.23. The second-order valence-electron chi connectivity index (χ2n) is 7.17. The van der Waals surface area contributed by atoms with E-state index < -0.39 is 0 Å². The van der Waals surface area contributed by atoms with Crippen molar-refractivity contribution in [2.24, 2.45) is 0 Å². The average Bonchev–Trinajstić information content (AvgIpc) is 3.16. The molecule has 2 heterocycles. The molecule has 4 rings (SSSR count). The average molecular weight is 397 g/mol. The molecule has 0 aliphatic carbocycles. The standard InChI is InChI=1S/C22H25N3O2S/c26-21(10-11-22-24-18-8-4-5-9-20(18)28-22)23-19(17-6-2-1-3-7-17)16-25-12-14-27-15-13-25/h1-9,19H,10-16H2,(H,23,26)/p+1/t19-/m0/s1. The molecule has 1 aromatic heterocycles. The van der Waals surface area contributed by atoms with Crippen LogP contribution in [0.15, 0.2) is 54.6 Å². The maximum atomic E-state index is 12.7. The van der Waals surface area contributed by atoms with Gasteiger partial charge in [-0.15, -0.1) is 11.3 Å². The van der Waals surface area contributed by atoms with Crippen molar-refractivity contribution >= 4 is 27.5 Å². The second kappa shape index (κ2) is 9.28. The number of fused-ring (bicyclic) bond motifs is 1. The number of quaternary nitrogens is 1. The summed E-state index contributed by atoms with van der Waals surface area (Å²) in [5.41, 5.74) is 2.18. The summed E-state index contributed by atoms with van der Waals surface area (Å²) < 4.78 is 6.64. The van der Waals surface area contributed by atoms with Crippen LogP contribution in [0.2, 0.25) is 0 Å². The Bertz CT molecular complexity index is 873. The first-order valence-corrected chi connectivity index (χ1v) is 10.7. The largest absolute Gasteiger partial charge is 0.370 e. The van der Waals surface area contributed by atoms with Gasteiger partial charge in [-0.25, -0.2) is 4.98 Å². The van der Waals surface area contributed by atoms with E-state index in [-0.39, 0.29) is 11.9 Å². The molecule has 1 amide bonds. The minimum atomic E-state index is 0.0252. The Kier molecular flexibility index (Phi) is 6.31. The number of aryl methyl sites for hydroxylation is 1. The minimum absolute atomic E-state index is 0.0252. The normalized spacial score (nSPS) is 16.1. The lowest BCUT2D eigenvalue weighted by Crippen LogP contribution is -3.14. The number of hydrogen-bond acceptors (Lipinski definition) is 4. The maximum Gasteiger partial charge on any atom is 0.221 e. The number of carbonyl (C=O) groups is 1. The van der Waals surface area contributed by atoms with Gasteiger partial charge in [-0.3, -0.25) is 4.79 Å². The van der Waals surface area contributed by atoms with Crippen molar-refractivity contribution < 1.29 is 14.4 Å². The van der Waals surface area contributed by atoms with Gasteiger partial charge in [0.25, 0.3) is 0 Å². The van der Waals surface area contributed by atoms with E-state index in [4.69, 9.17) is 4.74 Å². The van der Waals surface area contributed by atoms with E-state index in [1.807, 2.05) is 36.4 Å². The van der Waals surface area contributed by atoms with Crippen molar-refractivity contribution in [1.29, 1.82) is 0 Å². The number of para-hydroxylation sites is 1. The molecular weight excluding hydrogens is 370 g/mol. The minimum Gasteiger partial charge on any atom is -0.370 e. The molecule has 6 heteroatoms. The highest BCUT2D eigenvalue weighted by Crippen LogP contribution is 2.22. The second-order valence-corrected chi connectivity index (χ2v) is 8.29. The smallest absolute Gasteiger partial charge is 0.221 e. The van der Waals surface area contributed by atoms with Crippen LogP contribution in [-0.4, -0.2) is 43.7 Å². The number of ether oxygens (including phenoxy) is 1. The van der Waals surface area contributed by atoms with Gasteiger partial charge in [-0.2, -0.15) is 0 Å². The molecule has 5 nitrogen and oxygen atoms in total. The van der Waals surface area contributed by atoms with Crippen LogP contribution in [0, 0.1) is 0 Å². The van der Waals surface area contributed by atoms with Crippen molar-refractivity contribution in [1.82, 2.24) is 10.3 Å². The number of rotatable bonds is 7. The van der Waals surface area contributed by atoms with Crippen LogP contribution in [0.4, 0.5) is 0 Å². The number of nitrogens with one attached hydrogen (secondary N) is 2. The Morgan fingerprint density at radius 2 is 1.86 bits per heavy atom. The fraction of sp³-hybridized carbons (Fsp3) is 0.364. The van der Waals surface area contributed by atoms with E-state index >= 15 is 0 Å². The van der Waals surface area contributed by atoms with Gasteiger partial charge < -0.3 is 15.0 Å². The van der Waals surface area contributed by atoms with Crippen LogP contribution >= 0.6 is 11.3 Å². The Hall–Kier alpha value is -2.28. The predicted octanol–water partition coefficient (Wildman–Crippen LogP) is 2.00. The maximum absolute atomic E-state index is 12.7. The summed E-state index contributed by atoms with van der Waals surface area (Å²) in [7, 11) is 0. The fourth-order valence-corrected chi connectivity index (χ4v) is 4.57. The van der Waals surface area contributed by atoms with Crippen molar-refractivity contribution in [3.63, 3.8) is 0 Å². The first-order chi connectivity index (χ1) is 13.8. The van der Waals surface area contributed by atoms with Crippen molar-refractivity contribution in [3.8, 4) is 0 Å². The zero-order valence-corrected chi connectivity index (χ0v) is 16.7. The molecule has 0 radical (unpaired) electrons. The van der Waals surface area contributed by atoms with E-state index in [1.54, 1.807) is 11.3 Å². The number of aromatic nitrogens is 1. The molecule has 1 fully saturated rings. The zero-order valence-electron chi connectivity index (χ0n) is 15.9. The molecule has 0 saturated carbocycles. The molecule has 1 aliphatic rings. The molecule has 2 N–H and O–H groups in total. The van der Waals surface area contributed by atoms with E-state index in [1.165, 1.54) is 9.60 Å². The fourth-order valence-electron chi connectivity index (χ4n) is 3.60. The van der Waals surface area contributed by atoms with Crippen LogP contribution in [0.3, 0.4) is 0 Å². The lowest BCUT2D eigenvalue weighted by atomic mass is 10.1. The van der Waals surface area contributed by atoms with Gasteiger partial charge in [0.15, 0.2) is 0 Å². The number of nitrogens with zero attached hydrogens (tertiary/aromatic N) is 1. The molecule has 1 aliphatic heterocycles. The lowest BCUT2D eigenvalue weighted by molar-refractivity contribution is -0.909. The number of thiazole rings is 1. The van der Waals surface area contributed by atoms with Gasteiger partial charge >= 0.3 is 0 Å². The molecule has 28 heavy (non-hydrogen) atoms. The Morgan fingerprint density at radius 3 is 2.64 bits per heavy atom. The monoisotopic (exact) mass is 396 g/mol. The van der Waals surface area contributed by atoms with Crippen molar-refractivity contribution in [2.45, 2.75) is 18.9 Å². The van der Waals surface area contributed by atoms with Crippen molar-refractivity contribution in [3.05, 3.63) is 65.2 Å². The summed E-state index contributed by atoms with van der Waals surface area (Å²) in [5.74, 6) is 0.0840. The molecule has 1 saturated heterocycles. The molecule has 0 spiro atoms. The summed E-state index contributed by atoms with van der Waals surface area (Å²) in [6.45, 7) is 4.46. The number of benzene rings is 2. The summed E-state index contributed by atoms with van der Waals surface area (Å²) in [6.07, 6.45) is 1.14. The first-order valence-electron chi connectivity index (χ1n) is 9.88. The van der Waals surface area contributed by atoms with E-state index in [0.29, 0.717) is 12.8 Å². The number of morpholine rings is 1. The van der Waals surface area contributed by atoms with Gasteiger partial charge in [-0.05, 0) is 17.7 Å². The Labute approximate surface area is 169 Å². The van der Waals surface area contributed by atoms with Crippen LogP contribution < -0.4 is 10.2 Å². The molecule has 1 atom stereocenters. The number of amides is 1. The summed E-state index contributed by atoms with van der Waals surface area (Å²) in [6, 6.07) is 18.4. The number of hydrogen-bond donors (Lipinski definition) is 2. The van der Waals surface area contributed by atoms with Crippen LogP contribution in [0.5, 0.6) is 0 Å². The van der Waals surface area contributed by atoms with E-state index in [9.17, 15) is 4.79 Å². The highest BCUT2D eigenvalue weighted by atomic mass is 32.1. The molecule has 146 valence electrons.